The van der Waals surface area contributed by atoms with E-state index < -0.39 is 10.0 Å². The van der Waals surface area contributed by atoms with Crippen LogP contribution in [0.3, 0.4) is 0 Å². The van der Waals surface area contributed by atoms with Gasteiger partial charge in [0.2, 0.25) is 10.0 Å². The molecule has 1 atom stereocenters. The molecule has 1 aromatic heterocycles. The van der Waals surface area contributed by atoms with Gasteiger partial charge in [0.15, 0.2) is 0 Å². The highest BCUT2D eigenvalue weighted by Gasteiger charge is 2.33. The number of nitrogens with two attached hydrogens (primary N) is 1. The second-order valence-corrected chi connectivity index (χ2v) is 7.22. The van der Waals surface area contributed by atoms with E-state index in [1.165, 1.54) is 0 Å². The van der Waals surface area contributed by atoms with Crippen LogP contribution in [0.1, 0.15) is 50.5 Å². The fraction of sp³-hybridized carbons (Fsp3) is 0.714. The van der Waals surface area contributed by atoms with Crippen LogP contribution >= 0.6 is 0 Å². The molecule has 0 saturated carbocycles. The largest absolute Gasteiger partial charge is 0.464 e. The topological polar surface area (TPSA) is 76.5 Å². The summed E-state index contributed by atoms with van der Waals surface area (Å²) in [4.78, 5) is 0.276. The lowest BCUT2D eigenvalue weighted by atomic mass is 10.1. The molecule has 5 nitrogen and oxygen atoms in total. The van der Waals surface area contributed by atoms with Gasteiger partial charge in [0.05, 0.1) is 6.54 Å². The zero-order chi connectivity index (χ0) is 14.8. The summed E-state index contributed by atoms with van der Waals surface area (Å²) < 4.78 is 32.8. The first-order valence-electron chi connectivity index (χ1n) is 7.32. The van der Waals surface area contributed by atoms with Crippen molar-refractivity contribution in [3.63, 3.8) is 0 Å². The van der Waals surface area contributed by atoms with Crippen LogP contribution in [0.25, 0.3) is 0 Å². The summed E-state index contributed by atoms with van der Waals surface area (Å²) in [5, 5.41) is 0. The van der Waals surface area contributed by atoms with Gasteiger partial charge in [0, 0.05) is 18.7 Å². The van der Waals surface area contributed by atoms with Gasteiger partial charge in [0.25, 0.3) is 0 Å². The van der Waals surface area contributed by atoms with E-state index in [0.717, 1.165) is 32.1 Å². The van der Waals surface area contributed by atoms with Gasteiger partial charge in [-0.2, -0.15) is 4.31 Å². The van der Waals surface area contributed by atoms with Crippen LogP contribution in [-0.2, 0) is 16.6 Å². The van der Waals surface area contributed by atoms with E-state index in [9.17, 15) is 8.42 Å². The van der Waals surface area contributed by atoms with Crippen molar-refractivity contribution < 1.29 is 12.8 Å². The lowest BCUT2D eigenvalue weighted by molar-refractivity contribution is 0.314. The normalized spacial score (nSPS) is 21.9. The molecule has 1 unspecified atom stereocenters. The highest BCUT2D eigenvalue weighted by molar-refractivity contribution is 7.89. The van der Waals surface area contributed by atoms with Gasteiger partial charge in [0.1, 0.15) is 16.4 Å². The molecule has 0 radical (unpaired) electrons. The van der Waals surface area contributed by atoms with E-state index in [0.29, 0.717) is 18.1 Å². The van der Waals surface area contributed by atoms with Crippen LogP contribution in [0.4, 0.5) is 0 Å². The van der Waals surface area contributed by atoms with Crippen molar-refractivity contribution >= 4 is 10.0 Å². The lowest BCUT2D eigenvalue weighted by Crippen LogP contribution is -2.39. The molecule has 2 heterocycles. The highest BCUT2D eigenvalue weighted by Crippen LogP contribution is 2.29. The Kier molecular flexibility index (Phi) is 4.88. The zero-order valence-corrected chi connectivity index (χ0v) is 13.1. The minimum absolute atomic E-state index is 0.0955. The van der Waals surface area contributed by atoms with E-state index in [-0.39, 0.29) is 17.5 Å². The summed E-state index contributed by atoms with van der Waals surface area (Å²) in [7, 11) is -3.48. The minimum atomic E-state index is -3.48. The molecule has 1 aliphatic heterocycles. The fourth-order valence-electron chi connectivity index (χ4n) is 2.88. The molecule has 1 saturated heterocycles. The fourth-order valence-corrected chi connectivity index (χ4v) is 4.84. The van der Waals surface area contributed by atoms with Crippen LogP contribution in [0.2, 0.25) is 0 Å². The van der Waals surface area contributed by atoms with Crippen molar-refractivity contribution in [1.29, 1.82) is 0 Å². The van der Waals surface area contributed by atoms with Crippen LogP contribution in [-0.4, -0.2) is 25.3 Å². The Hall–Kier alpha value is -0.850. The first-order chi connectivity index (χ1) is 9.50. The lowest BCUT2D eigenvalue weighted by Gasteiger charge is -2.28. The molecule has 0 aliphatic carbocycles. The summed E-state index contributed by atoms with van der Waals surface area (Å²) in [6.45, 7) is 4.55. The van der Waals surface area contributed by atoms with Gasteiger partial charge in [-0.05, 0) is 26.2 Å². The first-order valence-corrected chi connectivity index (χ1v) is 8.76. The number of hydrogen-bond acceptors (Lipinski definition) is 4. The van der Waals surface area contributed by atoms with Gasteiger partial charge >= 0.3 is 0 Å². The molecule has 20 heavy (non-hydrogen) atoms. The monoisotopic (exact) mass is 300 g/mol. The molecule has 0 amide bonds. The second-order valence-electron chi connectivity index (χ2n) is 5.36. The molecular weight excluding hydrogens is 276 g/mol. The average Bonchev–Trinajstić information content (AvgIpc) is 2.66. The van der Waals surface area contributed by atoms with Gasteiger partial charge in [-0.3, -0.25) is 0 Å². The quantitative estimate of drug-likeness (QED) is 0.926. The van der Waals surface area contributed by atoms with Crippen molar-refractivity contribution in [2.75, 3.05) is 6.54 Å². The number of furan rings is 1. The maximum absolute atomic E-state index is 12.9. The molecule has 1 aromatic rings. The third kappa shape index (κ3) is 2.92. The Balaban J connectivity index is 2.38. The molecule has 0 bridgehead atoms. The summed E-state index contributed by atoms with van der Waals surface area (Å²) in [5.41, 5.74) is 5.53. The smallest absolute Gasteiger partial charge is 0.246 e. The van der Waals surface area contributed by atoms with Gasteiger partial charge in [-0.15, -0.1) is 0 Å². The minimum Gasteiger partial charge on any atom is -0.464 e. The number of sulfonamides is 1. The molecule has 1 fully saturated rings. The number of hydrogen-bond donors (Lipinski definition) is 1. The number of nitrogens with zero attached hydrogens (tertiary/aromatic N) is 1. The van der Waals surface area contributed by atoms with E-state index in [2.05, 4.69) is 0 Å². The van der Waals surface area contributed by atoms with Crippen LogP contribution in [0.5, 0.6) is 0 Å². The van der Waals surface area contributed by atoms with Crippen molar-refractivity contribution in [2.24, 2.45) is 5.73 Å². The summed E-state index contributed by atoms with van der Waals surface area (Å²) in [5.74, 6) is 0.952. The van der Waals surface area contributed by atoms with E-state index >= 15 is 0 Å². The van der Waals surface area contributed by atoms with Gasteiger partial charge in [-0.25, -0.2) is 8.42 Å². The Morgan fingerprint density at radius 1 is 1.40 bits per heavy atom. The highest BCUT2D eigenvalue weighted by atomic mass is 32.2. The molecule has 2 rings (SSSR count). The van der Waals surface area contributed by atoms with Gasteiger partial charge in [-0.1, -0.05) is 19.8 Å². The van der Waals surface area contributed by atoms with Crippen molar-refractivity contribution in [3.05, 3.63) is 17.6 Å². The molecule has 0 spiro atoms. The molecule has 114 valence electrons. The zero-order valence-electron chi connectivity index (χ0n) is 12.3. The molecule has 6 heteroatoms. The van der Waals surface area contributed by atoms with Crippen molar-refractivity contribution in [2.45, 2.75) is 63.4 Å². The summed E-state index contributed by atoms with van der Waals surface area (Å²) in [6, 6.07) is 1.67. The van der Waals surface area contributed by atoms with E-state index in [4.69, 9.17) is 10.2 Å². The number of aryl methyl sites for hydroxylation is 1. The van der Waals surface area contributed by atoms with Crippen molar-refractivity contribution in [1.82, 2.24) is 4.31 Å². The molecule has 2 N–H and O–H groups in total. The molecule has 0 aromatic carbocycles. The van der Waals surface area contributed by atoms with Crippen LogP contribution < -0.4 is 5.73 Å². The Morgan fingerprint density at radius 3 is 2.75 bits per heavy atom. The van der Waals surface area contributed by atoms with Crippen LogP contribution in [0, 0.1) is 6.92 Å². The van der Waals surface area contributed by atoms with Gasteiger partial charge < -0.3 is 10.2 Å². The summed E-state index contributed by atoms with van der Waals surface area (Å²) in [6.07, 6.45) is 4.91. The Morgan fingerprint density at radius 2 is 2.15 bits per heavy atom. The average molecular weight is 300 g/mol. The molecular formula is C14H24N2O3S. The maximum atomic E-state index is 12.9. The van der Waals surface area contributed by atoms with Crippen molar-refractivity contribution in [3.8, 4) is 0 Å². The third-order valence-electron chi connectivity index (χ3n) is 4.01. The van der Waals surface area contributed by atoms with Crippen LogP contribution in [0.15, 0.2) is 15.4 Å². The predicted octanol–water partition coefficient (Wildman–Crippen LogP) is 2.39. The second kappa shape index (κ2) is 6.28. The standard InChI is InChI=1S/C14H24N2O3S/c1-3-12-7-5-4-6-8-16(12)20(17,18)14-9-13(10-15)19-11(14)2/h9,12H,3-8,10,15H2,1-2H3. The third-order valence-corrected chi connectivity index (χ3v) is 6.06. The SMILES string of the molecule is CCC1CCCCCN1S(=O)(=O)c1cc(CN)oc1C. The Bertz CT molecular complexity index is 551. The Labute approximate surface area is 121 Å². The molecule has 1 aliphatic rings. The van der Waals surface area contributed by atoms with E-state index in [1.54, 1.807) is 17.3 Å². The van der Waals surface area contributed by atoms with E-state index in [1.807, 2.05) is 6.92 Å². The number of rotatable bonds is 4. The maximum Gasteiger partial charge on any atom is 0.246 e. The predicted molar refractivity (Wildman–Crippen MR) is 77.8 cm³/mol. The summed E-state index contributed by atoms with van der Waals surface area (Å²) >= 11 is 0. The first kappa shape index (κ1) is 15.5.